The molecule has 0 saturated heterocycles. The second kappa shape index (κ2) is 10.5. The van der Waals surface area contributed by atoms with Gasteiger partial charge in [-0.05, 0) is 79.3 Å². The third-order valence-corrected chi connectivity index (χ3v) is 4.83. The molecule has 0 spiro atoms. The van der Waals surface area contributed by atoms with Crippen molar-refractivity contribution in [3.8, 4) is 0 Å². The van der Waals surface area contributed by atoms with Crippen LogP contribution in [0.15, 0.2) is 0 Å². The first-order valence-corrected chi connectivity index (χ1v) is 9.59. The van der Waals surface area contributed by atoms with E-state index >= 15 is 0 Å². The second-order valence-electron chi connectivity index (χ2n) is 8.42. The van der Waals surface area contributed by atoms with Crippen molar-refractivity contribution in [2.24, 2.45) is 11.8 Å². The first-order valence-electron chi connectivity index (χ1n) is 9.59. The SMILES string of the molecule is CCCNC(C)(C)CC(CC)C(CC(C)(C)NCCC)C(C)=O. The molecule has 0 aliphatic carbocycles. The van der Waals surface area contributed by atoms with Crippen LogP contribution in [0, 0.1) is 11.8 Å². The summed E-state index contributed by atoms with van der Waals surface area (Å²) >= 11 is 0. The highest BCUT2D eigenvalue weighted by Crippen LogP contribution is 2.32. The molecule has 0 heterocycles. The van der Waals surface area contributed by atoms with Crippen LogP contribution in [0.25, 0.3) is 0 Å². The highest BCUT2D eigenvalue weighted by Gasteiger charge is 2.33. The van der Waals surface area contributed by atoms with E-state index in [-0.39, 0.29) is 17.0 Å². The summed E-state index contributed by atoms with van der Waals surface area (Å²) in [6, 6.07) is 0. The van der Waals surface area contributed by atoms with E-state index in [4.69, 9.17) is 0 Å². The Balaban J connectivity index is 4.98. The summed E-state index contributed by atoms with van der Waals surface area (Å²) in [4.78, 5) is 12.3. The van der Waals surface area contributed by atoms with E-state index in [1.54, 1.807) is 6.92 Å². The van der Waals surface area contributed by atoms with Gasteiger partial charge in [0.2, 0.25) is 0 Å². The molecule has 0 saturated carbocycles. The number of carbonyl (C=O) groups excluding carboxylic acids is 1. The van der Waals surface area contributed by atoms with Gasteiger partial charge < -0.3 is 10.6 Å². The lowest BCUT2D eigenvalue weighted by Gasteiger charge is -2.37. The molecule has 0 fully saturated rings. The molecule has 2 N–H and O–H groups in total. The topological polar surface area (TPSA) is 41.1 Å². The lowest BCUT2D eigenvalue weighted by Crippen LogP contribution is -2.46. The molecular weight excluding hydrogens is 284 g/mol. The number of nitrogens with one attached hydrogen (secondary N) is 2. The highest BCUT2D eigenvalue weighted by molar-refractivity contribution is 5.78. The summed E-state index contributed by atoms with van der Waals surface area (Å²) in [6.45, 7) is 19.4. The molecule has 3 heteroatoms. The van der Waals surface area contributed by atoms with Crippen LogP contribution in [0.3, 0.4) is 0 Å². The standard InChI is InChI=1S/C20H42N2O/c1-9-12-21-19(5,6)14-17(11-3)18(16(4)23)15-20(7,8)22-13-10-2/h17-18,21-22H,9-15H2,1-8H3. The Bertz CT molecular complexity index is 337. The zero-order valence-electron chi connectivity index (χ0n) is 17.0. The van der Waals surface area contributed by atoms with Crippen molar-refractivity contribution in [1.29, 1.82) is 0 Å². The molecule has 3 nitrogen and oxygen atoms in total. The van der Waals surface area contributed by atoms with Crippen molar-refractivity contribution in [3.05, 3.63) is 0 Å². The summed E-state index contributed by atoms with van der Waals surface area (Å²) in [7, 11) is 0. The summed E-state index contributed by atoms with van der Waals surface area (Å²) in [5, 5.41) is 7.24. The third-order valence-electron chi connectivity index (χ3n) is 4.83. The molecule has 0 bridgehead atoms. The van der Waals surface area contributed by atoms with E-state index in [0.29, 0.717) is 11.7 Å². The van der Waals surface area contributed by atoms with Crippen molar-refractivity contribution >= 4 is 5.78 Å². The molecule has 0 rings (SSSR count). The quantitative estimate of drug-likeness (QED) is 0.521. The molecule has 138 valence electrons. The van der Waals surface area contributed by atoms with E-state index in [1.807, 2.05) is 0 Å². The van der Waals surface area contributed by atoms with Crippen LogP contribution in [0.4, 0.5) is 0 Å². The molecule has 2 atom stereocenters. The average molecular weight is 327 g/mol. The fourth-order valence-corrected chi connectivity index (χ4v) is 3.49. The van der Waals surface area contributed by atoms with Gasteiger partial charge >= 0.3 is 0 Å². The van der Waals surface area contributed by atoms with E-state index < -0.39 is 0 Å². The molecule has 0 aromatic heterocycles. The van der Waals surface area contributed by atoms with Crippen molar-refractivity contribution < 1.29 is 4.79 Å². The van der Waals surface area contributed by atoms with Crippen molar-refractivity contribution in [3.63, 3.8) is 0 Å². The molecule has 0 aromatic rings. The minimum absolute atomic E-state index is 0.0146. The first kappa shape index (κ1) is 22.6. The molecule has 0 aromatic carbocycles. The second-order valence-corrected chi connectivity index (χ2v) is 8.42. The highest BCUT2D eigenvalue weighted by atomic mass is 16.1. The van der Waals surface area contributed by atoms with Gasteiger partial charge in [-0.2, -0.15) is 0 Å². The monoisotopic (exact) mass is 326 g/mol. The van der Waals surface area contributed by atoms with E-state index in [1.165, 1.54) is 0 Å². The van der Waals surface area contributed by atoms with Crippen LogP contribution in [0.1, 0.15) is 87.5 Å². The lowest BCUT2D eigenvalue weighted by atomic mass is 9.74. The van der Waals surface area contributed by atoms with Crippen molar-refractivity contribution in [2.45, 2.75) is 98.6 Å². The zero-order valence-corrected chi connectivity index (χ0v) is 17.0. The molecule has 0 amide bonds. The Morgan fingerprint density at radius 3 is 1.65 bits per heavy atom. The van der Waals surface area contributed by atoms with Gasteiger partial charge in [0.05, 0.1) is 0 Å². The fraction of sp³-hybridized carbons (Fsp3) is 0.950. The molecule has 0 radical (unpaired) electrons. The van der Waals surface area contributed by atoms with Crippen molar-refractivity contribution in [2.75, 3.05) is 13.1 Å². The number of hydrogen-bond acceptors (Lipinski definition) is 3. The largest absolute Gasteiger partial charge is 0.312 e. The van der Waals surface area contributed by atoms with Gasteiger partial charge in [0.25, 0.3) is 0 Å². The molecular formula is C20H42N2O. The average Bonchev–Trinajstić information content (AvgIpc) is 2.46. The Morgan fingerprint density at radius 1 is 0.870 bits per heavy atom. The predicted octanol–water partition coefficient (Wildman–Crippen LogP) is 4.55. The smallest absolute Gasteiger partial charge is 0.133 e. The van der Waals surface area contributed by atoms with Gasteiger partial charge in [-0.3, -0.25) is 4.79 Å². The van der Waals surface area contributed by atoms with Gasteiger partial charge in [0.1, 0.15) is 5.78 Å². The number of ketones is 1. The van der Waals surface area contributed by atoms with Crippen LogP contribution >= 0.6 is 0 Å². The maximum absolute atomic E-state index is 12.3. The van der Waals surface area contributed by atoms with Gasteiger partial charge in [-0.1, -0.05) is 27.2 Å². The van der Waals surface area contributed by atoms with Gasteiger partial charge in [-0.25, -0.2) is 0 Å². The normalized spacial score (nSPS) is 15.5. The molecule has 0 aliphatic rings. The zero-order chi connectivity index (χ0) is 18.1. The number of hydrogen-bond donors (Lipinski definition) is 2. The van der Waals surface area contributed by atoms with Crippen LogP contribution in [-0.2, 0) is 4.79 Å². The van der Waals surface area contributed by atoms with E-state index in [2.05, 4.69) is 59.1 Å². The Morgan fingerprint density at radius 2 is 1.30 bits per heavy atom. The maximum Gasteiger partial charge on any atom is 0.133 e. The Kier molecular flexibility index (Phi) is 10.3. The fourth-order valence-electron chi connectivity index (χ4n) is 3.49. The Labute approximate surface area is 145 Å². The van der Waals surface area contributed by atoms with Crippen molar-refractivity contribution in [1.82, 2.24) is 10.6 Å². The number of rotatable bonds is 13. The maximum atomic E-state index is 12.3. The predicted molar refractivity (Wildman–Crippen MR) is 102 cm³/mol. The minimum atomic E-state index is 0.0146. The van der Waals surface area contributed by atoms with Crippen LogP contribution < -0.4 is 10.6 Å². The molecule has 23 heavy (non-hydrogen) atoms. The van der Waals surface area contributed by atoms with Crippen LogP contribution in [0.5, 0.6) is 0 Å². The Hall–Kier alpha value is -0.410. The summed E-state index contributed by atoms with van der Waals surface area (Å²) in [5.74, 6) is 0.922. The summed E-state index contributed by atoms with van der Waals surface area (Å²) < 4.78 is 0. The van der Waals surface area contributed by atoms with Gasteiger partial charge in [-0.15, -0.1) is 0 Å². The number of Topliss-reactive ketones (excluding diaryl/α,β-unsaturated/α-hetero) is 1. The van der Waals surface area contributed by atoms with Crippen LogP contribution in [0.2, 0.25) is 0 Å². The molecule has 2 unspecified atom stereocenters. The third kappa shape index (κ3) is 9.46. The van der Waals surface area contributed by atoms with Gasteiger partial charge in [0, 0.05) is 17.0 Å². The molecule has 0 aliphatic heterocycles. The van der Waals surface area contributed by atoms with Crippen LogP contribution in [-0.4, -0.2) is 30.0 Å². The number of carbonyl (C=O) groups is 1. The minimum Gasteiger partial charge on any atom is -0.312 e. The lowest BCUT2D eigenvalue weighted by molar-refractivity contribution is -0.123. The summed E-state index contributed by atoms with van der Waals surface area (Å²) in [6.07, 6.45) is 5.30. The van der Waals surface area contributed by atoms with E-state index in [9.17, 15) is 4.79 Å². The van der Waals surface area contributed by atoms with E-state index in [0.717, 1.165) is 45.2 Å². The van der Waals surface area contributed by atoms with Gasteiger partial charge in [0.15, 0.2) is 0 Å². The first-order chi connectivity index (χ1) is 10.6. The summed E-state index contributed by atoms with van der Waals surface area (Å²) in [5.41, 5.74) is 0.103.